The van der Waals surface area contributed by atoms with Crippen LogP contribution in [0.1, 0.15) is 40.5 Å². The molecule has 0 spiro atoms. The third-order valence-corrected chi connectivity index (χ3v) is 2.84. The normalized spacial score (nSPS) is 10.1. The molecule has 0 bridgehead atoms. The molecule has 4 heteroatoms. The summed E-state index contributed by atoms with van der Waals surface area (Å²) in [4.78, 5) is 27.7. The van der Waals surface area contributed by atoms with Crippen molar-refractivity contribution in [3.05, 3.63) is 59.9 Å². The minimum absolute atomic E-state index is 0.0879. The van der Waals surface area contributed by atoms with E-state index in [0.29, 0.717) is 23.2 Å². The highest BCUT2D eigenvalue weighted by atomic mass is 16.1. The molecule has 1 aromatic carbocycles. The maximum absolute atomic E-state index is 12.0. The molecule has 2 rings (SSSR count). The summed E-state index contributed by atoms with van der Waals surface area (Å²) >= 11 is 0. The van der Waals surface area contributed by atoms with Crippen LogP contribution in [-0.4, -0.2) is 16.7 Å². The minimum atomic E-state index is -0.238. The van der Waals surface area contributed by atoms with Crippen LogP contribution < -0.4 is 5.32 Å². The predicted molar refractivity (Wildman–Crippen MR) is 77.9 cm³/mol. The Morgan fingerprint density at radius 3 is 2.65 bits per heavy atom. The second kappa shape index (κ2) is 6.61. The molecule has 0 aliphatic rings. The lowest BCUT2D eigenvalue weighted by atomic mass is 10.1. The first kappa shape index (κ1) is 13.9. The number of hydrogen-bond donors (Lipinski definition) is 1. The van der Waals surface area contributed by atoms with E-state index >= 15 is 0 Å². The fourth-order valence-electron chi connectivity index (χ4n) is 1.84. The van der Waals surface area contributed by atoms with Gasteiger partial charge in [-0.15, -0.1) is 0 Å². The summed E-state index contributed by atoms with van der Waals surface area (Å²) in [6.07, 6.45) is 4.44. The molecule has 2 aromatic rings. The van der Waals surface area contributed by atoms with Gasteiger partial charge < -0.3 is 5.32 Å². The molecule has 0 aliphatic carbocycles. The number of pyridine rings is 1. The fraction of sp³-hybridized carbons (Fsp3) is 0.188. The topological polar surface area (TPSA) is 59.1 Å². The largest absolute Gasteiger partial charge is 0.322 e. The number of nitrogens with zero attached hydrogens (tertiary/aromatic N) is 1. The van der Waals surface area contributed by atoms with Crippen LogP contribution in [0, 0.1) is 0 Å². The van der Waals surface area contributed by atoms with Gasteiger partial charge in [-0.05, 0) is 30.7 Å². The quantitative estimate of drug-likeness (QED) is 0.846. The summed E-state index contributed by atoms with van der Waals surface area (Å²) in [5, 5.41) is 2.76. The zero-order valence-corrected chi connectivity index (χ0v) is 11.3. The Bertz CT molecular complexity index is 609. The van der Waals surface area contributed by atoms with E-state index in [4.69, 9.17) is 0 Å². The summed E-state index contributed by atoms with van der Waals surface area (Å²) in [6, 6.07) is 10.4. The third kappa shape index (κ3) is 3.51. The zero-order valence-electron chi connectivity index (χ0n) is 11.3. The SMILES string of the molecule is CCCC(=O)c1cccc(NC(=O)c2cccnc2)c1. The lowest BCUT2D eigenvalue weighted by Crippen LogP contribution is -2.12. The Morgan fingerprint density at radius 2 is 1.95 bits per heavy atom. The van der Waals surface area contributed by atoms with E-state index in [0.717, 1.165) is 6.42 Å². The highest BCUT2D eigenvalue weighted by Gasteiger charge is 2.08. The van der Waals surface area contributed by atoms with Crippen molar-refractivity contribution in [1.82, 2.24) is 4.98 Å². The monoisotopic (exact) mass is 268 g/mol. The number of carbonyl (C=O) groups is 2. The second-order valence-electron chi connectivity index (χ2n) is 4.45. The number of hydrogen-bond acceptors (Lipinski definition) is 3. The maximum Gasteiger partial charge on any atom is 0.257 e. The van der Waals surface area contributed by atoms with Gasteiger partial charge in [0.2, 0.25) is 0 Å². The molecule has 1 amide bonds. The number of rotatable bonds is 5. The van der Waals surface area contributed by atoms with Gasteiger partial charge in [-0.3, -0.25) is 14.6 Å². The smallest absolute Gasteiger partial charge is 0.257 e. The van der Waals surface area contributed by atoms with Crippen LogP contribution >= 0.6 is 0 Å². The molecule has 20 heavy (non-hydrogen) atoms. The molecular weight excluding hydrogens is 252 g/mol. The van der Waals surface area contributed by atoms with Crippen molar-refractivity contribution < 1.29 is 9.59 Å². The number of nitrogens with one attached hydrogen (secondary N) is 1. The highest BCUT2D eigenvalue weighted by Crippen LogP contribution is 2.14. The number of amides is 1. The fourth-order valence-corrected chi connectivity index (χ4v) is 1.84. The van der Waals surface area contributed by atoms with Crippen LogP contribution in [0.3, 0.4) is 0 Å². The first-order valence-electron chi connectivity index (χ1n) is 6.55. The van der Waals surface area contributed by atoms with Gasteiger partial charge in [0.05, 0.1) is 5.56 Å². The lowest BCUT2D eigenvalue weighted by molar-refractivity contribution is 0.0979. The van der Waals surface area contributed by atoms with Crippen molar-refractivity contribution in [3.8, 4) is 0 Å². The number of ketones is 1. The van der Waals surface area contributed by atoms with Gasteiger partial charge in [0.15, 0.2) is 5.78 Å². The standard InChI is InChI=1S/C16H16N2O2/c1-2-5-15(19)12-6-3-8-14(10-12)18-16(20)13-7-4-9-17-11-13/h3-4,6-11H,2,5H2,1H3,(H,18,20). The van der Waals surface area contributed by atoms with E-state index in [1.807, 2.05) is 6.92 Å². The first-order chi connectivity index (χ1) is 9.70. The number of benzene rings is 1. The Balaban J connectivity index is 2.12. The minimum Gasteiger partial charge on any atom is -0.322 e. The van der Waals surface area contributed by atoms with Crippen LogP contribution in [0.5, 0.6) is 0 Å². The molecule has 0 unspecified atom stereocenters. The zero-order chi connectivity index (χ0) is 14.4. The van der Waals surface area contributed by atoms with E-state index < -0.39 is 0 Å². The first-order valence-corrected chi connectivity index (χ1v) is 6.55. The summed E-state index contributed by atoms with van der Waals surface area (Å²) in [5.74, 6) is -0.150. The third-order valence-electron chi connectivity index (χ3n) is 2.84. The second-order valence-corrected chi connectivity index (χ2v) is 4.45. The molecule has 0 atom stereocenters. The van der Waals surface area contributed by atoms with Crippen molar-refractivity contribution >= 4 is 17.4 Å². The average molecular weight is 268 g/mol. The van der Waals surface area contributed by atoms with Gasteiger partial charge in [-0.25, -0.2) is 0 Å². The summed E-state index contributed by atoms with van der Waals surface area (Å²) < 4.78 is 0. The van der Waals surface area contributed by atoms with E-state index in [1.54, 1.807) is 42.6 Å². The number of Topliss-reactive ketones (excluding diaryl/α,β-unsaturated/α-hetero) is 1. The molecule has 0 saturated carbocycles. The highest BCUT2D eigenvalue weighted by molar-refractivity contribution is 6.05. The van der Waals surface area contributed by atoms with Gasteiger partial charge in [-0.2, -0.15) is 0 Å². The molecule has 0 saturated heterocycles. The Labute approximate surface area is 117 Å². The van der Waals surface area contributed by atoms with E-state index in [9.17, 15) is 9.59 Å². The van der Waals surface area contributed by atoms with Crippen LogP contribution in [-0.2, 0) is 0 Å². The van der Waals surface area contributed by atoms with Gasteiger partial charge >= 0.3 is 0 Å². The van der Waals surface area contributed by atoms with Gasteiger partial charge in [0.1, 0.15) is 0 Å². The van der Waals surface area contributed by atoms with Gasteiger partial charge in [-0.1, -0.05) is 19.1 Å². The molecule has 1 N–H and O–H groups in total. The lowest BCUT2D eigenvalue weighted by Gasteiger charge is -2.06. The van der Waals surface area contributed by atoms with Crippen molar-refractivity contribution in [2.24, 2.45) is 0 Å². The molecule has 4 nitrogen and oxygen atoms in total. The average Bonchev–Trinajstić information content (AvgIpc) is 2.48. The van der Waals surface area contributed by atoms with Crippen LogP contribution in [0.25, 0.3) is 0 Å². The van der Waals surface area contributed by atoms with Crippen molar-refractivity contribution in [2.45, 2.75) is 19.8 Å². The number of aromatic nitrogens is 1. The predicted octanol–water partition coefficient (Wildman–Crippen LogP) is 3.32. The molecule has 0 fully saturated rings. The van der Waals surface area contributed by atoms with E-state index in [1.165, 1.54) is 6.20 Å². The van der Waals surface area contributed by atoms with Crippen LogP contribution in [0.15, 0.2) is 48.8 Å². The molecule has 0 aliphatic heterocycles. The summed E-state index contributed by atoms with van der Waals surface area (Å²) in [6.45, 7) is 1.96. The van der Waals surface area contributed by atoms with Crippen LogP contribution in [0.2, 0.25) is 0 Å². The van der Waals surface area contributed by atoms with E-state index in [2.05, 4.69) is 10.3 Å². The van der Waals surface area contributed by atoms with Crippen molar-refractivity contribution in [3.63, 3.8) is 0 Å². The van der Waals surface area contributed by atoms with Gasteiger partial charge in [0, 0.05) is 30.1 Å². The molecule has 1 heterocycles. The van der Waals surface area contributed by atoms with E-state index in [-0.39, 0.29) is 11.7 Å². The Hall–Kier alpha value is -2.49. The van der Waals surface area contributed by atoms with Crippen molar-refractivity contribution in [2.75, 3.05) is 5.32 Å². The summed E-state index contributed by atoms with van der Waals surface area (Å²) in [7, 11) is 0. The maximum atomic E-state index is 12.0. The molecule has 1 aromatic heterocycles. The molecular formula is C16H16N2O2. The van der Waals surface area contributed by atoms with Gasteiger partial charge in [0.25, 0.3) is 5.91 Å². The molecule has 0 radical (unpaired) electrons. The number of carbonyl (C=O) groups excluding carboxylic acids is 2. The Morgan fingerprint density at radius 1 is 1.15 bits per heavy atom. The van der Waals surface area contributed by atoms with Crippen LogP contribution in [0.4, 0.5) is 5.69 Å². The van der Waals surface area contributed by atoms with Crippen molar-refractivity contribution in [1.29, 1.82) is 0 Å². The number of anilines is 1. The summed E-state index contributed by atoms with van der Waals surface area (Å²) in [5.41, 5.74) is 1.72. The molecule has 102 valence electrons. The Kier molecular flexibility index (Phi) is 4.60.